The summed E-state index contributed by atoms with van der Waals surface area (Å²) in [7, 11) is -0.801. The van der Waals surface area contributed by atoms with Crippen molar-refractivity contribution >= 4 is 22.6 Å². The summed E-state index contributed by atoms with van der Waals surface area (Å²) in [4.78, 5) is 8.45. The van der Waals surface area contributed by atoms with Crippen LogP contribution in [0.5, 0.6) is 0 Å². The van der Waals surface area contributed by atoms with Crippen molar-refractivity contribution in [3.05, 3.63) is 12.3 Å². The highest BCUT2D eigenvalue weighted by molar-refractivity contribution is 7.84. The van der Waals surface area contributed by atoms with E-state index in [4.69, 9.17) is 0 Å². The third-order valence-corrected chi connectivity index (χ3v) is 3.04. The summed E-state index contributed by atoms with van der Waals surface area (Å²) in [6.45, 7) is 4.94. The molecular formula is C11H20N4OS. The highest BCUT2D eigenvalue weighted by Gasteiger charge is 2.05. The number of anilines is 2. The maximum absolute atomic E-state index is 11.1. The molecule has 0 aliphatic rings. The molecule has 0 spiro atoms. The summed E-state index contributed by atoms with van der Waals surface area (Å²) in [5, 5.41) is 6.33. The summed E-state index contributed by atoms with van der Waals surface area (Å²) < 4.78 is 11.1. The number of nitrogens with zero attached hydrogens (tertiary/aromatic N) is 2. The Morgan fingerprint density at radius 2 is 2.29 bits per heavy atom. The van der Waals surface area contributed by atoms with Crippen LogP contribution in [0.25, 0.3) is 0 Å². The molecule has 17 heavy (non-hydrogen) atoms. The zero-order valence-corrected chi connectivity index (χ0v) is 11.4. The molecule has 2 N–H and O–H groups in total. The molecule has 96 valence electrons. The van der Waals surface area contributed by atoms with E-state index in [-0.39, 0.29) is 6.04 Å². The van der Waals surface area contributed by atoms with Gasteiger partial charge >= 0.3 is 0 Å². The molecular weight excluding hydrogens is 236 g/mol. The number of rotatable bonds is 7. The van der Waals surface area contributed by atoms with E-state index in [1.54, 1.807) is 12.5 Å². The Balaban J connectivity index is 2.55. The molecule has 0 radical (unpaired) electrons. The molecule has 1 rings (SSSR count). The number of hydrogen-bond donors (Lipinski definition) is 2. The molecule has 2 atom stereocenters. The topological polar surface area (TPSA) is 66.9 Å². The van der Waals surface area contributed by atoms with Crippen LogP contribution in [0.3, 0.4) is 0 Å². The van der Waals surface area contributed by atoms with Gasteiger partial charge in [-0.25, -0.2) is 4.98 Å². The van der Waals surface area contributed by atoms with Crippen LogP contribution >= 0.6 is 0 Å². The second kappa shape index (κ2) is 7.21. The molecule has 0 saturated heterocycles. The van der Waals surface area contributed by atoms with E-state index in [2.05, 4.69) is 27.5 Å². The first kappa shape index (κ1) is 13.9. The van der Waals surface area contributed by atoms with E-state index >= 15 is 0 Å². The molecule has 0 bridgehead atoms. The fourth-order valence-corrected chi connectivity index (χ4v) is 2.19. The van der Waals surface area contributed by atoms with E-state index in [9.17, 15) is 4.21 Å². The fraction of sp³-hybridized carbons (Fsp3) is 0.636. The Morgan fingerprint density at radius 1 is 1.53 bits per heavy atom. The maximum atomic E-state index is 11.1. The first-order chi connectivity index (χ1) is 8.11. The third kappa shape index (κ3) is 5.63. The monoisotopic (exact) mass is 256 g/mol. The summed E-state index contributed by atoms with van der Waals surface area (Å²) in [5.74, 6) is 2.00. The molecule has 1 aromatic heterocycles. The molecule has 0 amide bonds. The van der Waals surface area contributed by atoms with E-state index in [0.717, 1.165) is 18.8 Å². The highest BCUT2D eigenvalue weighted by atomic mass is 32.2. The molecule has 0 aromatic carbocycles. The van der Waals surface area contributed by atoms with Gasteiger partial charge in [0.2, 0.25) is 5.95 Å². The van der Waals surface area contributed by atoms with Crippen LogP contribution in [0, 0.1) is 0 Å². The molecule has 0 saturated carbocycles. The largest absolute Gasteiger partial charge is 0.367 e. The Morgan fingerprint density at radius 3 is 2.94 bits per heavy atom. The van der Waals surface area contributed by atoms with Crippen molar-refractivity contribution in [3.63, 3.8) is 0 Å². The van der Waals surface area contributed by atoms with Gasteiger partial charge in [-0.3, -0.25) is 4.21 Å². The Bertz CT molecular complexity index is 372. The summed E-state index contributed by atoms with van der Waals surface area (Å²) in [5.41, 5.74) is 0. The van der Waals surface area contributed by atoms with Crippen LogP contribution in [0.4, 0.5) is 11.8 Å². The Kier molecular flexibility index (Phi) is 5.90. The normalized spacial score (nSPS) is 14.1. The number of aromatic nitrogens is 2. The predicted molar refractivity (Wildman–Crippen MR) is 72.8 cm³/mol. The van der Waals surface area contributed by atoms with Gasteiger partial charge < -0.3 is 10.6 Å². The van der Waals surface area contributed by atoms with Crippen LogP contribution in [-0.4, -0.2) is 38.8 Å². The van der Waals surface area contributed by atoms with Crippen molar-refractivity contribution in [3.8, 4) is 0 Å². The maximum Gasteiger partial charge on any atom is 0.224 e. The van der Waals surface area contributed by atoms with Crippen molar-refractivity contribution in [2.45, 2.75) is 26.3 Å². The standard InChI is InChI=1S/C11H20N4OS/c1-4-6-12-11-13-7-5-10(15-11)14-9(2)8-17(3)16/h5,7,9H,4,6,8H2,1-3H3,(H2,12,13,14,15). The van der Waals surface area contributed by atoms with Gasteiger partial charge in [0.15, 0.2) is 0 Å². The second-order valence-electron chi connectivity index (χ2n) is 3.98. The van der Waals surface area contributed by atoms with Crippen LogP contribution in [0.2, 0.25) is 0 Å². The van der Waals surface area contributed by atoms with Crippen molar-refractivity contribution in [1.29, 1.82) is 0 Å². The lowest BCUT2D eigenvalue weighted by Gasteiger charge is -2.13. The number of nitrogens with one attached hydrogen (secondary N) is 2. The zero-order valence-electron chi connectivity index (χ0n) is 10.6. The minimum atomic E-state index is -0.801. The SMILES string of the molecule is CCCNc1nccc(NC(C)CS(C)=O)n1. The Hall–Kier alpha value is -1.17. The zero-order chi connectivity index (χ0) is 12.7. The molecule has 1 heterocycles. The van der Waals surface area contributed by atoms with Crippen molar-refractivity contribution < 1.29 is 4.21 Å². The van der Waals surface area contributed by atoms with Gasteiger partial charge in [0, 0.05) is 41.6 Å². The lowest BCUT2D eigenvalue weighted by molar-refractivity contribution is 0.683. The predicted octanol–water partition coefficient (Wildman–Crippen LogP) is 1.48. The minimum absolute atomic E-state index is 0.134. The van der Waals surface area contributed by atoms with E-state index < -0.39 is 10.8 Å². The first-order valence-corrected chi connectivity index (χ1v) is 7.48. The molecule has 0 fully saturated rings. The molecule has 0 aliphatic carbocycles. The van der Waals surface area contributed by atoms with E-state index in [1.807, 2.05) is 13.0 Å². The van der Waals surface area contributed by atoms with Crippen molar-refractivity contribution in [1.82, 2.24) is 9.97 Å². The lowest BCUT2D eigenvalue weighted by atomic mass is 10.4. The molecule has 6 heteroatoms. The number of hydrogen-bond acceptors (Lipinski definition) is 5. The summed E-state index contributed by atoms with van der Waals surface area (Å²) in [6, 6.07) is 1.95. The third-order valence-electron chi connectivity index (χ3n) is 2.07. The molecule has 1 aromatic rings. The Labute approximate surface area is 105 Å². The van der Waals surface area contributed by atoms with Crippen molar-refractivity contribution in [2.75, 3.05) is 29.2 Å². The quantitative estimate of drug-likeness (QED) is 0.773. The second-order valence-corrected chi connectivity index (χ2v) is 5.46. The van der Waals surface area contributed by atoms with Gasteiger partial charge in [-0.1, -0.05) is 6.92 Å². The average Bonchev–Trinajstić information content (AvgIpc) is 2.25. The van der Waals surface area contributed by atoms with Crippen molar-refractivity contribution in [2.24, 2.45) is 0 Å². The van der Waals surface area contributed by atoms with Gasteiger partial charge in [-0.05, 0) is 19.4 Å². The van der Waals surface area contributed by atoms with Crippen LogP contribution in [0.1, 0.15) is 20.3 Å². The van der Waals surface area contributed by atoms with Gasteiger partial charge in [0.1, 0.15) is 5.82 Å². The molecule has 2 unspecified atom stereocenters. The van der Waals surface area contributed by atoms with Gasteiger partial charge in [0.25, 0.3) is 0 Å². The van der Waals surface area contributed by atoms with E-state index in [1.165, 1.54) is 0 Å². The van der Waals surface area contributed by atoms with Gasteiger partial charge in [-0.15, -0.1) is 0 Å². The summed E-state index contributed by atoms with van der Waals surface area (Å²) >= 11 is 0. The average molecular weight is 256 g/mol. The lowest BCUT2D eigenvalue weighted by Crippen LogP contribution is -2.23. The first-order valence-electron chi connectivity index (χ1n) is 5.75. The molecule has 0 aliphatic heterocycles. The van der Waals surface area contributed by atoms with Gasteiger partial charge in [-0.2, -0.15) is 4.98 Å². The van der Waals surface area contributed by atoms with Crippen LogP contribution in [0.15, 0.2) is 12.3 Å². The highest BCUT2D eigenvalue weighted by Crippen LogP contribution is 2.07. The van der Waals surface area contributed by atoms with Crippen LogP contribution in [-0.2, 0) is 10.8 Å². The summed E-state index contributed by atoms with van der Waals surface area (Å²) in [6.07, 6.45) is 4.45. The fourth-order valence-electron chi connectivity index (χ4n) is 1.41. The van der Waals surface area contributed by atoms with E-state index in [0.29, 0.717) is 11.7 Å². The van der Waals surface area contributed by atoms with Gasteiger partial charge in [0.05, 0.1) is 0 Å². The molecule has 5 nitrogen and oxygen atoms in total. The van der Waals surface area contributed by atoms with Crippen LogP contribution < -0.4 is 10.6 Å². The minimum Gasteiger partial charge on any atom is -0.367 e. The smallest absolute Gasteiger partial charge is 0.224 e.